The summed E-state index contributed by atoms with van der Waals surface area (Å²) in [7, 11) is 0. The lowest BCUT2D eigenvalue weighted by Crippen LogP contribution is -2.41. The third-order valence-corrected chi connectivity index (χ3v) is 4.26. The van der Waals surface area contributed by atoms with Crippen LogP contribution in [0.1, 0.15) is 37.7 Å². The van der Waals surface area contributed by atoms with E-state index in [4.69, 9.17) is 5.73 Å². The van der Waals surface area contributed by atoms with Crippen molar-refractivity contribution in [2.75, 3.05) is 0 Å². The smallest absolute Gasteiger partial charge is 0.189 e. The van der Waals surface area contributed by atoms with Gasteiger partial charge in [-0.2, -0.15) is 0 Å². The van der Waals surface area contributed by atoms with Gasteiger partial charge < -0.3 is 11.1 Å². The first kappa shape index (κ1) is 17.1. The number of hydrogen-bond acceptors (Lipinski definition) is 1. The van der Waals surface area contributed by atoms with Crippen LogP contribution in [0.2, 0.25) is 0 Å². The molecule has 0 radical (unpaired) electrons. The first-order valence-electron chi connectivity index (χ1n) is 7.86. The molecule has 1 fully saturated rings. The molecule has 0 aromatic heterocycles. The molecule has 0 amide bonds. The molecule has 3 nitrogen and oxygen atoms in total. The predicted octanol–water partition coefficient (Wildman–Crippen LogP) is 4.19. The van der Waals surface area contributed by atoms with Gasteiger partial charge in [0.2, 0.25) is 0 Å². The minimum Gasteiger partial charge on any atom is -0.370 e. The van der Waals surface area contributed by atoms with E-state index in [-0.39, 0.29) is 24.0 Å². The molecule has 0 unspecified atom stereocenters. The number of nitrogens with two attached hydrogens (primary N) is 1. The Morgan fingerprint density at radius 2 is 1.77 bits per heavy atom. The van der Waals surface area contributed by atoms with Gasteiger partial charge in [-0.1, -0.05) is 61.7 Å². The first-order valence-corrected chi connectivity index (χ1v) is 7.86. The van der Waals surface area contributed by atoms with Gasteiger partial charge in [-0.15, -0.1) is 24.0 Å². The monoisotopic (exact) mass is 409 g/mol. The number of rotatable bonds is 3. The van der Waals surface area contributed by atoms with Gasteiger partial charge in [0, 0.05) is 6.04 Å². The molecule has 2 aromatic rings. The standard InChI is InChI=1S/C18H23N3.HI/c19-18(21-16-10-2-1-3-11-16)20-13-15-9-6-8-14-7-4-5-12-17(14)15;/h4-9,12,16H,1-3,10-11,13H2,(H3,19,20,21);1H. The van der Waals surface area contributed by atoms with Crippen LogP contribution in [0.5, 0.6) is 0 Å². The highest BCUT2D eigenvalue weighted by Crippen LogP contribution is 2.19. The van der Waals surface area contributed by atoms with Crippen molar-refractivity contribution in [3.05, 3.63) is 48.0 Å². The van der Waals surface area contributed by atoms with E-state index in [9.17, 15) is 0 Å². The quantitative estimate of drug-likeness (QED) is 0.454. The summed E-state index contributed by atoms with van der Waals surface area (Å²) in [5.74, 6) is 0.579. The van der Waals surface area contributed by atoms with Crippen LogP contribution >= 0.6 is 24.0 Å². The largest absolute Gasteiger partial charge is 0.370 e. The fraction of sp³-hybridized carbons (Fsp3) is 0.389. The van der Waals surface area contributed by atoms with E-state index in [0.717, 1.165) is 0 Å². The Kier molecular flexibility index (Phi) is 6.49. The first-order chi connectivity index (χ1) is 10.3. The van der Waals surface area contributed by atoms with Crippen molar-refractivity contribution in [2.45, 2.75) is 44.7 Å². The number of nitrogens with one attached hydrogen (secondary N) is 1. The van der Waals surface area contributed by atoms with Crippen LogP contribution in [-0.4, -0.2) is 12.0 Å². The Morgan fingerprint density at radius 3 is 2.59 bits per heavy atom. The van der Waals surface area contributed by atoms with Gasteiger partial charge in [0.05, 0.1) is 6.54 Å². The Morgan fingerprint density at radius 1 is 1.05 bits per heavy atom. The summed E-state index contributed by atoms with van der Waals surface area (Å²) in [6.45, 7) is 0.632. The summed E-state index contributed by atoms with van der Waals surface area (Å²) in [5.41, 5.74) is 7.26. The van der Waals surface area contributed by atoms with Gasteiger partial charge in [-0.25, -0.2) is 4.99 Å². The van der Waals surface area contributed by atoms with Crippen molar-refractivity contribution in [2.24, 2.45) is 10.7 Å². The molecule has 0 atom stereocenters. The fourth-order valence-electron chi connectivity index (χ4n) is 3.10. The number of fused-ring (bicyclic) bond motifs is 1. The van der Waals surface area contributed by atoms with Crippen molar-refractivity contribution in [1.82, 2.24) is 5.32 Å². The molecule has 0 bridgehead atoms. The summed E-state index contributed by atoms with van der Waals surface area (Å²) in [6.07, 6.45) is 6.38. The third kappa shape index (κ3) is 4.35. The van der Waals surface area contributed by atoms with Gasteiger partial charge in [-0.3, -0.25) is 0 Å². The SMILES string of the molecule is I.NC(=NCc1cccc2ccccc12)NC1CCCCC1. The Hall–Kier alpha value is -1.30. The third-order valence-electron chi connectivity index (χ3n) is 4.26. The number of aliphatic imine (C=N–C) groups is 1. The maximum atomic E-state index is 6.04. The molecule has 0 heterocycles. The highest BCUT2D eigenvalue weighted by atomic mass is 127. The summed E-state index contributed by atoms with van der Waals surface area (Å²) in [6, 6.07) is 15.3. The van der Waals surface area contributed by atoms with E-state index in [1.807, 2.05) is 0 Å². The topological polar surface area (TPSA) is 50.4 Å². The van der Waals surface area contributed by atoms with E-state index in [1.165, 1.54) is 48.4 Å². The van der Waals surface area contributed by atoms with Crippen molar-refractivity contribution >= 4 is 40.7 Å². The van der Waals surface area contributed by atoms with E-state index in [0.29, 0.717) is 18.5 Å². The van der Waals surface area contributed by atoms with Crippen LogP contribution in [-0.2, 0) is 6.54 Å². The second-order valence-corrected chi connectivity index (χ2v) is 5.82. The summed E-state index contributed by atoms with van der Waals surface area (Å²) in [4.78, 5) is 4.52. The number of halogens is 1. The maximum absolute atomic E-state index is 6.04. The summed E-state index contributed by atoms with van der Waals surface area (Å²) in [5, 5.41) is 5.88. The zero-order valence-corrected chi connectivity index (χ0v) is 15.1. The number of guanidine groups is 1. The Balaban J connectivity index is 0.00000176. The highest BCUT2D eigenvalue weighted by molar-refractivity contribution is 14.0. The second-order valence-electron chi connectivity index (χ2n) is 5.82. The molecule has 118 valence electrons. The summed E-state index contributed by atoms with van der Waals surface area (Å²) >= 11 is 0. The van der Waals surface area contributed by atoms with Gasteiger partial charge in [0.1, 0.15) is 0 Å². The second kappa shape index (κ2) is 8.36. The zero-order valence-electron chi connectivity index (χ0n) is 12.8. The highest BCUT2D eigenvalue weighted by Gasteiger charge is 2.13. The van der Waals surface area contributed by atoms with Crippen molar-refractivity contribution in [3.63, 3.8) is 0 Å². The molecule has 1 aliphatic rings. The lowest BCUT2D eigenvalue weighted by Gasteiger charge is -2.23. The Labute approximate surface area is 149 Å². The number of benzene rings is 2. The van der Waals surface area contributed by atoms with Crippen molar-refractivity contribution in [3.8, 4) is 0 Å². The average Bonchev–Trinajstić information content (AvgIpc) is 2.54. The number of nitrogens with zero attached hydrogens (tertiary/aromatic N) is 1. The molecule has 2 aromatic carbocycles. The van der Waals surface area contributed by atoms with E-state index in [1.54, 1.807) is 0 Å². The van der Waals surface area contributed by atoms with Crippen molar-refractivity contribution < 1.29 is 0 Å². The van der Waals surface area contributed by atoms with Crippen LogP contribution in [0, 0.1) is 0 Å². The van der Waals surface area contributed by atoms with Crippen LogP contribution in [0.3, 0.4) is 0 Å². The fourth-order valence-corrected chi connectivity index (χ4v) is 3.10. The normalized spacial score (nSPS) is 16.3. The predicted molar refractivity (Wildman–Crippen MR) is 105 cm³/mol. The minimum atomic E-state index is 0. The molecule has 0 spiro atoms. The maximum Gasteiger partial charge on any atom is 0.189 e. The Bertz CT molecular complexity index is 628. The molecule has 3 N–H and O–H groups in total. The van der Waals surface area contributed by atoms with Crippen molar-refractivity contribution in [1.29, 1.82) is 0 Å². The lowest BCUT2D eigenvalue weighted by molar-refractivity contribution is 0.412. The van der Waals surface area contributed by atoms with E-state index < -0.39 is 0 Å². The van der Waals surface area contributed by atoms with Crippen LogP contribution in [0.15, 0.2) is 47.5 Å². The molecule has 22 heavy (non-hydrogen) atoms. The molecule has 1 aliphatic carbocycles. The minimum absolute atomic E-state index is 0. The molecule has 0 aliphatic heterocycles. The molecule has 0 saturated heterocycles. The van der Waals surface area contributed by atoms with Gasteiger partial charge in [0.25, 0.3) is 0 Å². The lowest BCUT2D eigenvalue weighted by atomic mass is 9.96. The summed E-state index contributed by atoms with van der Waals surface area (Å²) < 4.78 is 0. The number of hydrogen-bond donors (Lipinski definition) is 2. The average molecular weight is 409 g/mol. The van der Waals surface area contributed by atoms with Gasteiger partial charge in [0.15, 0.2) is 5.96 Å². The van der Waals surface area contributed by atoms with E-state index in [2.05, 4.69) is 52.8 Å². The van der Waals surface area contributed by atoms with Crippen LogP contribution in [0.25, 0.3) is 10.8 Å². The van der Waals surface area contributed by atoms with Crippen LogP contribution in [0.4, 0.5) is 0 Å². The van der Waals surface area contributed by atoms with Crippen LogP contribution < -0.4 is 11.1 Å². The molecular weight excluding hydrogens is 385 g/mol. The molecule has 3 rings (SSSR count). The van der Waals surface area contributed by atoms with E-state index >= 15 is 0 Å². The van der Waals surface area contributed by atoms with Gasteiger partial charge >= 0.3 is 0 Å². The molecule has 4 heteroatoms. The van der Waals surface area contributed by atoms with Gasteiger partial charge in [-0.05, 0) is 29.2 Å². The molecular formula is C18H24IN3. The molecule has 1 saturated carbocycles. The zero-order chi connectivity index (χ0) is 14.5.